The van der Waals surface area contributed by atoms with Gasteiger partial charge in [-0.2, -0.15) is 0 Å². The molecule has 6 nitrogen and oxygen atoms in total. The van der Waals surface area contributed by atoms with Crippen LogP contribution in [0.1, 0.15) is 5.56 Å². The van der Waals surface area contributed by atoms with E-state index >= 15 is 0 Å². The lowest BCUT2D eigenvalue weighted by Crippen LogP contribution is -2.05. The largest absolute Gasteiger partial charge is 0.399 e. The van der Waals surface area contributed by atoms with Gasteiger partial charge in [0.25, 0.3) is 0 Å². The second kappa shape index (κ2) is 6.50. The molecule has 0 spiro atoms. The summed E-state index contributed by atoms with van der Waals surface area (Å²) in [6, 6.07) is 11.6. The fourth-order valence-corrected chi connectivity index (χ4v) is 2.47. The number of anilines is 3. The summed E-state index contributed by atoms with van der Waals surface area (Å²) in [5, 5.41) is 9.61. The molecule has 0 amide bonds. The summed E-state index contributed by atoms with van der Waals surface area (Å²) >= 11 is 6.25. The summed E-state index contributed by atoms with van der Waals surface area (Å²) in [7, 11) is 1.45. The molecule has 3 N–H and O–H groups in total. The van der Waals surface area contributed by atoms with E-state index in [-0.39, 0.29) is 0 Å². The number of nitrogens with zero attached hydrogens (tertiary/aromatic N) is 3. The van der Waals surface area contributed by atoms with Gasteiger partial charge in [0.05, 0.1) is 11.8 Å². The summed E-state index contributed by atoms with van der Waals surface area (Å²) in [6.07, 6.45) is 2.86. The van der Waals surface area contributed by atoms with Crippen molar-refractivity contribution in [3.8, 4) is 0 Å². The van der Waals surface area contributed by atoms with Crippen molar-refractivity contribution >= 4 is 45.9 Å². The Balaban J connectivity index is 2.08. The van der Waals surface area contributed by atoms with Gasteiger partial charge in [0.2, 0.25) is 0 Å². The molecule has 0 aliphatic rings. The minimum absolute atomic E-state index is 0.307. The number of rotatable bonds is 4. The minimum Gasteiger partial charge on any atom is -0.399 e. The first-order valence-corrected chi connectivity index (χ1v) is 7.19. The maximum Gasteiger partial charge on any atom is 0.144 e. The van der Waals surface area contributed by atoms with E-state index in [1.165, 1.54) is 19.7 Å². The van der Waals surface area contributed by atoms with Crippen LogP contribution in [0.4, 0.5) is 17.3 Å². The van der Waals surface area contributed by atoms with Crippen molar-refractivity contribution in [1.82, 2.24) is 9.97 Å². The third kappa shape index (κ3) is 3.02. The number of nitrogens with one attached hydrogen (secondary N) is 1. The summed E-state index contributed by atoms with van der Waals surface area (Å²) in [5.41, 5.74) is 7.30. The Labute approximate surface area is 137 Å². The van der Waals surface area contributed by atoms with Crippen LogP contribution in [-0.4, -0.2) is 23.3 Å². The summed E-state index contributed by atoms with van der Waals surface area (Å²) in [6.45, 7) is 0. The number of hydrogen-bond acceptors (Lipinski definition) is 6. The third-order valence-electron chi connectivity index (χ3n) is 3.33. The number of aromatic nitrogens is 2. The van der Waals surface area contributed by atoms with Crippen LogP contribution in [0.2, 0.25) is 5.02 Å². The van der Waals surface area contributed by atoms with E-state index in [4.69, 9.17) is 22.2 Å². The monoisotopic (exact) mass is 327 g/mol. The van der Waals surface area contributed by atoms with Gasteiger partial charge >= 0.3 is 0 Å². The Kier molecular flexibility index (Phi) is 4.25. The van der Waals surface area contributed by atoms with Crippen LogP contribution in [0.3, 0.4) is 0 Å². The van der Waals surface area contributed by atoms with Crippen LogP contribution < -0.4 is 11.1 Å². The van der Waals surface area contributed by atoms with E-state index in [0.29, 0.717) is 22.2 Å². The number of halogens is 1. The minimum atomic E-state index is 0.307. The highest BCUT2D eigenvalue weighted by Gasteiger charge is 2.10. The second-order valence-electron chi connectivity index (χ2n) is 4.70. The zero-order chi connectivity index (χ0) is 16.2. The molecule has 7 heteroatoms. The molecule has 0 bridgehead atoms. The van der Waals surface area contributed by atoms with Crippen molar-refractivity contribution < 1.29 is 4.84 Å². The first-order chi connectivity index (χ1) is 11.2. The van der Waals surface area contributed by atoms with Crippen LogP contribution in [0.5, 0.6) is 0 Å². The van der Waals surface area contributed by atoms with Gasteiger partial charge < -0.3 is 15.9 Å². The predicted octanol–water partition coefficient (Wildman–Crippen LogP) is 3.59. The molecule has 0 unspecified atom stereocenters. The topological polar surface area (TPSA) is 85.4 Å². The Morgan fingerprint density at radius 1 is 1.17 bits per heavy atom. The molecule has 0 atom stereocenters. The van der Waals surface area contributed by atoms with Crippen molar-refractivity contribution in [3.63, 3.8) is 0 Å². The predicted molar refractivity (Wildman–Crippen MR) is 93.3 cm³/mol. The van der Waals surface area contributed by atoms with Crippen molar-refractivity contribution in [2.24, 2.45) is 5.16 Å². The number of nitrogens with two attached hydrogens (primary N) is 1. The highest BCUT2D eigenvalue weighted by Crippen LogP contribution is 2.32. The number of oxime groups is 1. The molecular formula is C16H14ClN5O. The molecule has 1 aromatic heterocycles. The van der Waals surface area contributed by atoms with Gasteiger partial charge in [0.15, 0.2) is 0 Å². The Bertz CT molecular complexity index is 881. The van der Waals surface area contributed by atoms with Crippen LogP contribution in [0.15, 0.2) is 47.9 Å². The SMILES string of the molecule is CON=Cc1c(N)ncnc1Nc1ccc(Cl)c2ccccc12. The molecule has 0 saturated carbocycles. The standard InChI is InChI=1S/C16H14ClN5O/c1-23-21-8-12-15(18)19-9-20-16(12)22-14-7-6-13(17)10-4-2-3-5-11(10)14/h2-9H,1H3,(H3,18,19,20,22). The molecule has 3 aromatic rings. The zero-order valence-electron chi connectivity index (χ0n) is 12.3. The normalized spacial score (nSPS) is 11.0. The van der Waals surface area contributed by atoms with Crippen LogP contribution in [-0.2, 0) is 4.84 Å². The molecule has 116 valence electrons. The highest BCUT2D eigenvalue weighted by atomic mass is 35.5. The van der Waals surface area contributed by atoms with Gasteiger partial charge in [-0.05, 0) is 12.1 Å². The van der Waals surface area contributed by atoms with Crippen molar-refractivity contribution in [1.29, 1.82) is 0 Å². The van der Waals surface area contributed by atoms with E-state index in [1.54, 1.807) is 0 Å². The second-order valence-corrected chi connectivity index (χ2v) is 5.11. The Morgan fingerprint density at radius 3 is 2.74 bits per heavy atom. The van der Waals surface area contributed by atoms with Gasteiger partial charge in [-0.1, -0.05) is 41.0 Å². The van der Waals surface area contributed by atoms with E-state index in [0.717, 1.165) is 16.5 Å². The molecule has 0 aliphatic carbocycles. The Morgan fingerprint density at radius 2 is 1.96 bits per heavy atom. The molecule has 3 rings (SSSR count). The average Bonchev–Trinajstić information content (AvgIpc) is 2.57. The molecule has 0 fully saturated rings. The van der Waals surface area contributed by atoms with Gasteiger partial charge in [-0.15, -0.1) is 0 Å². The molecule has 1 heterocycles. The van der Waals surface area contributed by atoms with Crippen LogP contribution in [0.25, 0.3) is 10.8 Å². The highest BCUT2D eigenvalue weighted by molar-refractivity contribution is 6.36. The molecule has 23 heavy (non-hydrogen) atoms. The molecule has 2 aromatic carbocycles. The fraction of sp³-hybridized carbons (Fsp3) is 0.0625. The first-order valence-electron chi connectivity index (χ1n) is 6.82. The summed E-state index contributed by atoms with van der Waals surface area (Å²) in [4.78, 5) is 12.9. The number of fused-ring (bicyclic) bond motifs is 1. The van der Waals surface area contributed by atoms with Crippen molar-refractivity contribution in [3.05, 3.63) is 53.3 Å². The quantitative estimate of drug-likeness (QED) is 0.565. The van der Waals surface area contributed by atoms with E-state index in [2.05, 4.69) is 20.4 Å². The maximum atomic E-state index is 6.25. The number of benzene rings is 2. The van der Waals surface area contributed by atoms with Crippen LogP contribution in [0, 0.1) is 0 Å². The smallest absolute Gasteiger partial charge is 0.144 e. The lowest BCUT2D eigenvalue weighted by atomic mass is 10.1. The van der Waals surface area contributed by atoms with E-state index < -0.39 is 0 Å². The molecule has 0 saturated heterocycles. The average molecular weight is 328 g/mol. The summed E-state index contributed by atoms with van der Waals surface area (Å²) in [5.74, 6) is 0.840. The van der Waals surface area contributed by atoms with Gasteiger partial charge in [0, 0.05) is 21.5 Å². The van der Waals surface area contributed by atoms with E-state index in [9.17, 15) is 0 Å². The van der Waals surface area contributed by atoms with Gasteiger partial charge in [-0.3, -0.25) is 0 Å². The van der Waals surface area contributed by atoms with Crippen molar-refractivity contribution in [2.45, 2.75) is 0 Å². The maximum absolute atomic E-state index is 6.25. The first kappa shape index (κ1) is 15.1. The number of hydrogen-bond donors (Lipinski definition) is 2. The van der Waals surface area contributed by atoms with Gasteiger partial charge in [-0.25, -0.2) is 9.97 Å². The molecule has 0 radical (unpaired) electrons. The zero-order valence-corrected chi connectivity index (χ0v) is 13.1. The molecular weight excluding hydrogens is 314 g/mol. The van der Waals surface area contributed by atoms with Gasteiger partial charge in [0.1, 0.15) is 25.1 Å². The number of nitrogen functional groups attached to an aromatic ring is 1. The van der Waals surface area contributed by atoms with Crippen molar-refractivity contribution in [2.75, 3.05) is 18.2 Å². The lowest BCUT2D eigenvalue weighted by molar-refractivity contribution is 0.215. The third-order valence-corrected chi connectivity index (χ3v) is 3.66. The summed E-state index contributed by atoms with van der Waals surface area (Å²) < 4.78 is 0. The van der Waals surface area contributed by atoms with Crippen LogP contribution >= 0.6 is 11.6 Å². The molecule has 0 aliphatic heterocycles. The Hall–Kier alpha value is -2.86. The van der Waals surface area contributed by atoms with E-state index in [1.807, 2.05) is 36.4 Å². The fourth-order valence-electron chi connectivity index (χ4n) is 2.24. The lowest BCUT2D eigenvalue weighted by Gasteiger charge is -2.12.